The summed E-state index contributed by atoms with van der Waals surface area (Å²) in [5.74, 6) is 0. The summed E-state index contributed by atoms with van der Waals surface area (Å²) >= 11 is 0. The molecule has 0 radical (unpaired) electrons. The molecule has 0 spiro atoms. The van der Waals surface area contributed by atoms with Gasteiger partial charge in [-0.1, -0.05) is 37.5 Å². The molecule has 1 heterocycles. The molecule has 0 aliphatic heterocycles. The molecule has 36 heavy (non-hydrogen) atoms. The van der Waals surface area contributed by atoms with Crippen LogP contribution in [-0.4, -0.2) is 30.7 Å². The van der Waals surface area contributed by atoms with Gasteiger partial charge in [-0.05, 0) is 63.9 Å². The van der Waals surface area contributed by atoms with Crippen molar-refractivity contribution in [2.75, 3.05) is 0 Å². The van der Waals surface area contributed by atoms with Crippen LogP contribution in [0.2, 0.25) is 0 Å². The third kappa shape index (κ3) is 5.75. The summed E-state index contributed by atoms with van der Waals surface area (Å²) in [5, 5.41) is 0.598. The minimum absolute atomic E-state index is 0.0593. The molecule has 1 N–H and O–H groups in total. The Labute approximate surface area is 208 Å². The number of carbonyl (C=O) groups is 1. The van der Waals surface area contributed by atoms with Crippen LogP contribution in [-0.2, 0) is 20.9 Å². The maximum atomic E-state index is 13.9. The summed E-state index contributed by atoms with van der Waals surface area (Å²) in [6.45, 7) is 5.05. The molecule has 0 unspecified atom stereocenters. The lowest BCUT2D eigenvalue weighted by Crippen LogP contribution is -2.36. The molecule has 0 amide bonds. The molecule has 6 nitrogen and oxygen atoms in total. The number of rotatable bonds is 4. The molecule has 10 heteroatoms. The van der Waals surface area contributed by atoms with Crippen molar-refractivity contribution in [1.29, 1.82) is 0 Å². The Morgan fingerprint density at radius 1 is 1.00 bits per heavy atom. The van der Waals surface area contributed by atoms with Crippen molar-refractivity contribution in [3.8, 4) is 11.3 Å². The van der Waals surface area contributed by atoms with Crippen LogP contribution in [0.4, 0.5) is 18.0 Å². The second kappa shape index (κ2) is 9.55. The molecule has 0 atom stereocenters. The lowest BCUT2D eigenvalue weighted by atomic mass is 9.96. The Bertz CT molecular complexity index is 1380. The van der Waals surface area contributed by atoms with Gasteiger partial charge < -0.3 is 4.74 Å². The standard InChI is InChI=1S/C26H29F3N2O4S/c1-25(2,3)35-24(32)31-22-12-8-7-9-17(22)15-23(31)18-13-19(26(27,28)29)16-21(14-18)36(33,34)30-20-10-5-4-6-11-20/h7-9,12-16,20,30H,4-6,10-11H2,1-3H3. The van der Waals surface area contributed by atoms with Gasteiger partial charge in [-0.2, -0.15) is 13.2 Å². The number of halogens is 3. The number of fused-ring (bicyclic) bond motifs is 1. The second-order valence-corrected chi connectivity index (χ2v) is 11.8. The minimum atomic E-state index is -4.80. The van der Waals surface area contributed by atoms with Crippen LogP contribution >= 0.6 is 0 Å². The SMILES string of the molecule is CC(C)(C)OC(=O)n1c(-c2cc(C(F)(F)F)cc(S(=O)(=O)NC3CCCCC3)c2)cc2ccccc21. The number of sulfonamides is 1. The van der Waals surface area contributed by atoms with Crippen molar-refractivity contribution in [1.82, 2.24) is 9.29 Å². The molecule has 3 aromatic rings. The highest BCUT2D eigenvalue weighted by molar-refractivity contribution is 7.89. The Balaban J connectivity index is 1.89. The average Bonchev–Trinajstić information content (AvgIpc) is 3.17. The van der Waals surface area contributed by atoms with Gasteiger partial charge in [0.25, 0.3) is 0 Å². The van der Waals surface area contributed by atoms with Crippen molar-refractivity contribution in [2.24, 2.45) is 0 Å². The predicted octanol–water partition coefficient (Wildman–Crippen LogP) is 6.72. The highest BCUT2D eigenvalue weighted by Gasteiger charge is 2.34. The molecular formula is C26H29F3N2O4S. The van der Waals surface area contributed by atoms with Crippen LogP contribution in [0.25, 0.3) is 22.2 Å². The van der Waals surface area contributed by atoms with Gasteiger partial charge in [0, 0.05) is 17.0 Å². The number of aromatic nitrogens is 1. The van der Waals surface area contributed by atoms with Gasteiger partial charge in [0.1, 0.15) is 5.60 Å². The quantitative estimate of drug-likeness (QED) is 0.413. The maximum absolute atomic E-state index is 13.9. The van der Waals surface area contributed by atoms with E-state index in [1.165, 1.54) is 10.6 Å². The number of alkyl halides is 3. The summed E-state index contributed by atoms with van der Waals surface area (Å²) < 4.78 is 77.2. The second-order valence-electron chi connectivity index (χ2n) is 10.1. The smallest absolute Gasteiger partial charge is 0.419 e. The summed E-state index contributed by atoms with van der Waals surface area (Å²) in [6, 6.07) is 10.7. The van der Waals surface area contributed by atoms with Gasteiger partial charge in [0.05, 0.1) is 21.7 Å². The van der Waals surface area contributed by atoms with Crippen LogP contribution in [0.1, 0.15) is 58.4 Å². The summed E-state index contributed by atoms with van der Waals surface area (Å²) in [5.41, 5.74) is -1.50. The summed E-state index contributed by atoms with van der Waals surface area (Å²) in [7, 11) is -4.24. The molecule has 4 rings (SSSR count). The minimum Gasteiger partial charge on any atom is -0.443 e. The van der Waals surface area contributed by atoms with Crippen molar-refractivity contribution in [3.63, 3.8) is 0 Å². The zero-order valence-corrected chi connectivity index (χ0v) is 21.2. The van der Waals surface area contributed by atoms with Crippen molar-refractivity contribution >= 4 is 27.0 Å². The molecule has 1 aliphatic carbocycles. The van der Waals surface area contributed by atoms with Crippen molar-refractivity contribution in [3.05, 3.63) is 54.1 Å². The fourth-order valence-electron chi connectivity index (χ4n) is 4.45. The number of nitrogens with zero attached hydrogens (tertiary/aromatic N) is 1. The third-order valence-corrected chi connectivity index (χ3v) is 7.55. The Kier molecular flexibility index (Phi) is 6.96. The average molecular weight is 523 g/mol. The first-order chi connectivity index (χ1) is 16.7. The molecule has 0 saturated heterocycles. The Morgan fingerprint density at radius 2 is 1.67 bits per heavy atom. The number of ether oxygens (including phenoxy) is 1. The van der Waals surface area contributed by atoms with Crippen LogP contribution in [0, 0.1) is 0 Å². The van der Waals surface area contributed by atoms with E-state index >= 15 is 0 Å². The van der Waals surface area contributed by atoms with E-state index in [1.54, 1.807) is 51.1 Å². The van der Waals surface area contributed by atoms with Gasteiger partial charge in [0.15, 0.2) is 0 Å². The zero-order valence-electron chi connectivity index (χ0n) is 20.4. The number of carbonyl (C=O) groups excluding carboxylic acids is 1. The Morgan fingerprint density at radius 3 is 2.31 bits per heavy atom. The topological polar surface area (TPSA) is 77.4 Å². The number of nitrogens with one attached hydrogen (secondary N) is 1. The summed E-state index contributed by atoms with van der Waals surface area (Å²) in [4.78, 5) is 12.6. The highest BCUT2D eigenvalue weighted by Crippen LogP contribution is 2.37. The van der Waals surface area contributed by atoms with Crippen LogP contribution in [0.3, 0.4) is 0 Å². The lowest BCUT2D eigenvalue weighted by molar-refractivity contribution is -0.137. The fourth-order valence-corrected chi connectivity index (χ4v) is 5.82. The van der Waals surface area contributed by atoms with Gasteiger partial charge >= 0.3 is 12.3 Å². The monoisotopic (exact) mass is 522 g/mol. The van der Waals surface area contributed by atoms with Crippen LogP contribution in [0.15, 0.2) is 53.4 Å². The molecule has 0 bridgehead atoms. The third-order valence-electron chi connectivity index (χ3n) is 6.05. The molecule has 1 saturated carbocycles. The van der Waals surface area contributed by atoms with Gasteiger partial charge in [-0.15, -0.1) is 0 Å². The molecule has 1 fully saturated rings. The van der Waals surface area contributed by atoms with Gasteiger partial charge in [0.2, 0.25) is 10.0 Å². The van der Waals surface area contributed by atoms with E-state index in [1.807, 2.05) is 0 Å². The zero-order chi connectivity index (χ0) is 26.3. The van der Waals surface area contributed by atoms with E-state index in [4.69, 9.17) is 4.74 Å². The van der Waals surface area contributed by atoms with Crippen LogP contribution in [0.5, 0.6) is 0 Å². The molecule has 194 valence electrons. The highest BCUT2D eigenvalue weighted by atomic mass is 32.2. The Hall–Kier alpha value is -2.85. The maximum Gasteiger partial charge on any atom is 0.419 e. The first kappa shape index (κ1) is 26.2. The van der Waals surface area contributed by atoms with Crippen molar-refractivity contribution in [2.45, 2.75) is 75.6 Å². The van der Waals surface area contributed by atoms with E-state index in [-0.39, 0.29) is 17.3 Å². The van der Waals surface area contributed by atoms with E-state index in [9.17, 15) is 26.4 Å². The first-order valence-electron chi connectivity index (χ1n) is 11.8. The van der Waals surface area contributed by atoms with Gasteiger partial charge in [-0.25, -0.2) is 22.5 Å². The van der Waals surface area contributed by atoms with E-state index in [0.717, 1.165) is 25.3 Å². The van der Waals surface area contributed by atoms with E-state index in [0.29, 0.717) is 29.8 Å². The number of hydrogen-bond donors (Lipinski definition) is 1. The van der Waals surface area contributed by atoms with E-state index in [2.05, 4.69) is 4.72 Å². The molecular weight excluding hydrogens is 493 g/mol. The largest absolute Gasteiger partial charge is 0.443 e. The number of benzene rings is 2. The van der Waals surface area contributed by atoms with Crippen molar-refractivity contribution < 1.29 is 31.1 Å². The lowest BCUT2D eigenvalue weighted by Gasteiger charge is -2.23. The summed E-state index contributed by atoms with van der Waals surface area (Å²) in [6.07, 6.45) is -1.58. The molecule has 1 aromatic heterocycles. The predicted molar refractivity (Wildman–Crippen MR) is 131 cm³/mol. The normalized spacial score (nSPS) is 15.8. The van der Waals surface area contributed by atoms with Gasteiger partial charge in [-0.3, -0.25) is 0 Å². The molecule has 1 aliphatic rings. The molecule has 2 aromatic carbocycles. The van der Waals surface area contributed by atoms with E-state index < -0.39 is 38.4 Å². The first-order valence-corrected chi connectivity index (χ1v) is 13.3. The number of hydrogen-bond acceptors (Lipinski definition) is 4. The number of para-hydroxylation sites is 1. The fraction of sp³-hybridized carbons (Fsp3) is 0.423. The van der Waals surface area contributed by atoms with Crippen LogP contribution < -0.4 is 4.72 Å².